The van der Waals surface area contributed by atoms with E-state index in [1.807, 2.05) is 19.1 Å². The monoisotopic (exact) mass is 439 g/mol. The molecule has 0 unspecified atom stereocenters. The first-order valence-corrected chi connectivity index (χ1v) is 7.68. The predicted octanol–water partition coefficient (Wildman–Crippen LogP) is 3.08. The summed E-state index contributed by atoms with van der Waals surface area (Å²) >= 11 is 5.46. The molecule has 0 saturated heterocycles. The zero-order chi connectivity index (χ0) is 14.4. The molecular formula is C13H15BrINO3. The van der Waals surface area contributed by atoms with Crippen molar-refractivity contribution in [3.05, 3.63) is 31.8 Å². The van der Waals surface area contributed by atoms with Gasteiger partial charge in [0, 0.05) is 14.6 Å². The summed E-state index contributed by atoms with van der Waals surface area (Å²) in [6.07, 6.45) is 0.785. The SMILES string of the molecule is CCCN(CC(=O)OC)C(=O)c1cc(Br)ccc1I. The molecule has 0 fully saturated rings. The smallest absolute Gasteiger partial charge is 0.325 e. The number of halogens is 2. The highest BCUT2D eigenvalue weighted by molar-refractivity contribution is 14.1. The molecule has 0 aromatic heterocycles. The molecule has 1 aromatic rings. The number of nitrogens with zero attached hydrogens (tertiary/aromatic N) is 1. The molecule has 4 nitrogen and oxygen atoms in total. The fourth-order valence-electron chi connectivity index (χ4n) is 1.57. The van der Waals surface area contributed by atoms with Crippen LogP contribution in [0.3, 0.4) is 0 Å². The van der Waals surface area contributed by atoms with Gasteiger partial charge >= 0.3 is 5.97 Å². The molecule has 19 heavy (non-hydrogen) atoms. The summed E-state index contributed by atoms with van der Waals surface area (Å²) in [6, 6.07) is 5.51. The summed E-state index contributed by atoms with van der Waals surface area (Å²) < 4.78 is 6.32. The van der Waals surface area contributed by atoms with Crippen molar-refractivity contribution in [2.45, 2.75) is 13.3 Å². The van der Waals surface area contributed by atoms with Crippen molar-refractivity contribution in [1.82, 2.24) is 4.90 Å². The van der Waals surface area contributed by atoms with E-state index < -0.39 is 5.97 Å². The van der Waals surface area contributed by atoms with Crippen molar-refractivity contribution in [1.29, 1.82) is 0 Å². The number of rotatable bonds is 5. The van der Waals surface area contributed by atoms with Gasteiger partial charge in [0.15, 0.2) is 0 Å². The van der Waals surface area contributed by atoms with Crippen LogP contribution in [0.1, 0.15) is 23.7 Å². The van der Waals surface area contributed by atoms with Crippen molar-refractivity contribution in [3.8, 4) is 0 Å². The third-order valence-corrected chi connectivity index (χ3v) is 3.92. The molecule has 0 radical (unpaired) electrons. The molecule has 1 aromatic carbocycles. The molecule has 0 aliphatic rings. The van der Waals surface area contributed by atoms with Gasteiger partial charge in [-0.25, -0.2) is 0 Å². The van der Waals surface area contributed by atoms with Crippen LogP contribution in [0.25, 0.3) is 0 Å². The van der Waals surface area contributed by atoms with Crippen LogP contribution < -0.4 is 0 Å². The van der Waals surface area contributed by atoms with Crippen LogP contribution >= 0.6 is 38.5 Å². The predicted molar refractivity (Wildman–Crippen MR) is 85.1 cm³/mol. The Hall–Kier alpha value is -0.630. The average Bonchev–Trinajstić information content (AvgIpc) is 2.40. The van der Waals surface area contributed by atoms with Crippen LogP contribution in [0, 0.1) is 3.57 Å². The van der Waals surface area contributed by atoms with Crippen LogP contribution in [0.15, 0.2) is 22.7 Å². The summed E-state index contributed by atoms with van der Waals surface area (Å²) in [5.41, 5.74) is 0.590. The van der Waals surface area contributed by atoms with Gasteiger partial charge in [0.05, 0.1) is 12.7 Å². The quantitative estimate of drug-likeness (QED) is 0.523. The third kappa shape index (κ3) is 4.76. The average molecular weight is 440 g/mol. The van der Waals surface area contributed by atoms with Crippen LogP contribution in [0.5, 0.6) is 0 Å². The van der Waals surface area contributed by atoms with Gasteiger partial charge in [-0.2, -0.15) is 0 Å². The summed E-state index contributed by atoms with van der Waals surface area (Å²) in [5.74, 6) is -0.565. The molecule has 0 spiro atoms. The molecule has 1 amide bonds. The van der Waals surface area contributed by atoms with Gasteiger partial charge in [-0.05, 0) is 47.2 Å². The largest absolute Gasteiger partial charge is 0.468 e. The fourth-order valence-corrected chi connectivity index (χ4v) is 2.50. The Morgan fingerprint density at radius 1 is 1.42 bits per heavy atom. The lowest BCUT2D eigenvalue weighted by Gasteiger charge is -2.21. The molecule has 0 N–H and O–H groups in total. The van der Waals surface area contributed by atoms with Crippen molar-refractivity contribution in [2.75, 3.05) is 20.2 Å². The minimum Gasteiger partial charge on any atom is -0.468 e. The fraction of sp³-hybridized carbons (Fsp3) is 0.385. The number of benzene rings is 1. The highest BCUT2D eigenvalue weighted by Gasteiger charge is 2.20. The van der Waals surface area contributed by atoms with Gasteiger partial charge in [-0.3, -0.25) is 9.59 Å². The lowest BCUT2D eigenvalue weighted by molar-refractivity contribution is -0.141. The maximum absolute atomic E-state index is 12.5. The third-order valence-electron chi connectivity index (χ3n) is 2.49. The molecule has 0 aliphatic heterocycles. The van der Waals surface area contributed by atoms with E-state index >= 15 is 0 Å². The molecule has 1 rings (SSSR count). The lowest BCUT2D eigenvalue weighted by Crippen LogP contribution is -2.37. The van der Waals surface area contributed by atoms with E-state index in [4.69, 9.17) is 0 Å². The van der Waals surface area contributed by atoms with E-state index in [0.29, 0.717) is 12.1 Å². The number of hydrogen-bond donors (Lipinski definition) is 0. The molecule has 104 valence electrons. The van der Waals surface area contributed by atoms with E-state index in [0.717, 1.165) is 14.5 Å². The van der Waals surface area contributed by atoms with Crippen LogP contribution in [0.2, 0.25) is 0 Å². The molecule has 0 atom stereocenters. The van der Waals surface area contributed by atoms with Crippen molar-refractivity contribution < 1.29 is 14.3 Å². The molecule has 0 aliphatic carbocycles. The van der Waals surface area contributed by atoms with E-state index in [2.05, 4.69) is 43.3 Å². The maximum atomic E-state index is 12.5. The second kappa shape index (κ2) is 7.84. The van der Waals surface area contributed by atoms with Crippen molar-refractivity contribution in [2.24, 2.45) is 0 Å². The Morgan fingerprint density at radius 2 is 2.11 bits per heavy atom. The first-order chi connectivity index (χ1) is 8.99. The Labute approximate surface area is 134 Å². The summed E-state index contributed by atoms with van der Waals surface area (Å²) in [6.45, 7) is 2.46. The summed E-state index contributed by atoms with van der Waals surface area (Å²) in [7, 11) is 1.32. The minimum atomic E-state index is -0.410. The number of methoxy groups -OCH3 is 1. The molecule has 0 heterocycles. The highest BCUT2D eigenvalue weighted by atomic mass is 127. The molecular weight excluding hydrogens is 425 g/mol. The van der Waals surface area contributed by atoms with E-state index in [-0.39, 0.29) is 12.5 Å². The topological polar surface area (TPSA) is 46.6 Å². The van der Waals surface area contributed by atoms with Crippen LogP contribution in [-0.4, -0.2) is 37.0 Å². The normalized spacial score (nSPS) is 10.1. The minimum absolute atomic E-state index is 0.0221. The van der Waals surface area contributed by atoms with Gasteiger partial charge in [-0.1, -0.05) is 22.9 Å². The highest BCUT2D eigenvalue weighted by Crippen LogP contribution is 2.20. The van der Waals surface area contributed by atoms with Crippen molar-refractivity contribution in [3.63, 3.8) is 0 Å². The number of amides is 1. The second-order valence-electron chi connectivity index (χ2n) is 3.93. The van der Waals surface area contributed by atoms with Crippen LogP contribution in [-0.2, 0) is 9.53 Å². The Balaban J connectivity index is 2.98. The first kappa shape index (κ1) is 16.4. The molecule has 0 saturated carbocycles. The van der Waals surface area contributed by atoms with Crippen molar-refractivity contribution >= 4 is 50.4 Å². The second-order valence-corrected chi connectivity index (χ2v) is 6.00. The summed E-state index contributed by atoms with van der Waals surface area (Å²) in [5, 5.41) is 0. The van der Waals surface area contributed by atoms with Crippen LogP contribution in [0.4, 0.5) is 0 Å². The van der Waals surface area contributed by atoms with E-state index in [9.17, 15) is 9.59 Å². The Kier molecular flexibility index (Phi) is 6.78. The zero-order valence-corrected chi connectivity index (χ0v) is 14.5. The standard InChI is InChI=1S/C13H15BrINO3/c1-3-6-16(8-12(17)19-2)13(18)10-7-9(14)4-5-11(10)15/h4-5,7H,3,6,8H2,1-2H3. The van der Waals surface area contributed by atoms with Gasteiger partial charge in [0.2, 0.25) is 0 Å². The zero-order valence-electron chi connectivity index (χ0n) is 10.8. The number of carbonyl (C=O) groups excluding carboxylic acids is 2. The number of carbonyl (C=O) groups is 2. The Morgan fingerprint density at radius 3 is 2.68 bits per heavy atom. The lowest BCUT2D eigenvalue weighted by atomic mass is 10.2. The van der Waals surface area contributed by atoms with Gasteiger partial charge in [-0.15, -0.1) is 0 Å². The number of hydrogen-bond acceptors (Lipinski definition) is 3. The first-order valence-electron chi connectivity index (χ1n) is 5.80. The van der Waals surface area contributed by atoms with Gasteiger partial charge < -0.3 is 9.64 Å². The van der Waals surface area contributed by atoms with Gasteiger partial charge in [0.1, 0.15) is 6.54 Å². The maximum Gasteiger partial charge on any atom is 0.325 e. The summed E-state index contributed by atoms with van der Waals surface area (Å²) in [4.78, 5) is 25.3. The van der Waals surface area contributed by atoms with E-state index in [1.54, 1.807) is 6.07 Å². The molecule has 6 heteroatoms. The van der Waals surface area contributed by atoms with Gasteiger partial charge in [0.25, 0.3) is 5.91 Å². The number of ether oxygens (including phenoxy) is 1. The number of esters is 1. The van der Waals surface area contributed by atoms with E-state index in [1.165, 1.54) is 12.0 Å². The molecule has 0 bridgehead atoms. The Bertz CT molecular complexity index is 479.